The fraction of sp³-hybridized carbons (Fsp3) is 0.778. The third-order valence-corrected chi connectivity index (χ3v) is 3.11. The number of hydrogen-bond donors (Lipinski definition) is 3. The van der Waals surface area contributed by atoms with Crippen molar-refractivity contribution < 1.29 is 19.8 Å². The molecule has 92 valence electrons. The van der Waals surface area contributed by atoms with Gasteiger partial charge in [-0.3, -0.25) is 9.59 Å². The first-order chi connectivity index (χ1) is 7.44. The van der Waals surface area contributed by atoms with E-state index in [1.807, 2.05) is 0 Å². The molecule has 0 spiro atoms. The van der Waals surface area contributed by atoms with Crippen LogP contribution in [-0.4, -0.2) is 63.9 Å². The van der Waals surface area contributed by atoms with E-state index in [4.69, 9.17) is 5.11 Å². The molecule has 1 rings (SSSR count). The minimum absolute atomic E-state index is 0.00728. The Bertz CT molecular complexity index is 283. The van der Waals surface area contributed by atoms with Crippen LogP contribution in [-0.2, 0) is 9.59 Å². The number of nitrogens with one attached hydrogen (secondary N) is 1. The van der Waals surface area contributed by atoms with Crippen molar-refractivity contribution >= 4 is 23.6 Å². The van der Waals surface area contributed by atoms with Gasteiger partial charge >= 0.3 is 0 Å². The molecule has 1 aliphatic heterocycles. The Hall–Kier alpha value is -0.790. The van der Waals surface area contributed by atoms with Gasteiger partial charge in [-0.05, 0) is 6.92 Å². The maximum atomic E-state index is 11.4. The van der Waals surface area contributed by atoms with Crippen molar-refractivity contribution in [1.29, 1.82) is 0 Å². The monoisotopic (exact) mass is 248 g/mol. The van der Waals surface area contributed by atoms with E-state index in [2.05, 4.69) is 5.32 Å². The molecule has 0 aromatic rings. The number of aliphatic hydroxyl groups excluding tert-OH is 1. The Balaban J connectivity index is 2.28. The lowest BCUT2D eigenvalue weighted by molar-refractivity contribution is -0.132. The van der Waals surface area contributed by atoms with Crippen molar-refractivity contribution in [2.75, 3.05) is 31.3 Å². The average Bonchev–Trinajstić information content (AvgIpc) is 2.62. The Kier molecular flexibility index (Phi) is 4.57. The second kappa shape index (κ2) is 5.51. The predicted molar refractivity (Wildman–Crippen MR) is 59.8 cm³/mol. The van der Waals surface area contributed by atoms with E-state index in [1.54, 1.807) is 0 Å². The molecular weight excluding hydrogens is 232 g/mol. The molecule has 1 saturated heterocycles. The number of nitrogens with zero attached hydrogens (tertiary/aromatic N) is 1. The van der Waals surface area contributed by atoms with Crippen LogP contribution in [0.5, 0.6) is 0 Å². The molecule has 1 aliphatic rings. The van der Waals surface area contributed by atoms with Crippen molar-refractivity contribution in [2.24, 2.45) is 0 Å². The van der Waals surface area contributed by atoms with Gasteiger partial charge < -0.3 is 20.4 Å². The van der Waals surface area contributed by atoms with E-state index >= 15 is 0 Å². The van der Waals surface area contributed by atoms with Gasteiger partial charge in [-0.2, -0.15) is 0 Å². The van der Waals surface area contributed by atoms with Crippen molar-refractivity contribution in [3.63, 3.8) is 0 Å². The molecule has 0 radical (unpaired) electrons. The van der Waals surface area contributed by atoms with E-state index in [1.165, 1.54) is 23.6 Å². The first-order valence-electron chi connectivity index (χ1n) is 4.90. The lowest BCUT2D eigenvalue weighted by atomic mass is 10.1. The van der Waals surface area contributed by atoms with Gasteiger partial charge in [0.05, 0.1) is 18.2 Å². The topological polar surface area (TPSA) is 89.9 Å². The summed E-state index contributed by atoms with van der Waals surface area (Å²) in [6, 6.07) is 0. The summed E-state index contributed by atoms with van der Waals surface area (Å²) in [5.41, 5.74) is -1.32. The number of thioether (sulfide) groups is 1. The molecule has 16 heavy (non-hydrogen) atoms. The average molecular weight is 248 g/mol. The largest absolute Gasteiger partial charge is 0.393 e. The van der Waals surface area contributed by atoms with Crippen LogP contribution in [0.1, 0.15) is 6.92 Å². The minimum Gasteiger partial charge on any atom is -0.393 e. The quantitative estimate of drug-likeness (QED) is 0.544. The van der Waals surface area contributed by atoms with Crippen molar-refractivity contribution in [2.45, 2.75) is 12.5 Å². The summed E-state index contributed by atoms with van der Waals surface area (Å²) >= 11 is 1.47. The highest BCUT2D eigenvalue weighted by Crippen LogP contribution is 2.13. The highest BCUT2D eigenvalue weighted by molar-refractivity contribution is 8.00. The smallest absolute Gasteiger partial charge is 0.239 e. The standard InChI is InChI=1S/C9H16N2O4S/c1-9(15,5-12)4-10-7(13)2-11-6-16-3-8(11)14/h12,15H,2-6H2,1H3,(H,10,13). The van der Waals surface area contributed by atoms with Gasteiger partial charge in [0, 0.05) is 6.54 Å². The summed E-state index contributed by atoms with van der Waals surface area (Å²) in [4.78, 5) is 24.1. The normalized spacial score (nSPS) is 19.7. The SMILES string of the molecule is CC(O)(CO)CNC(=O)CN1CSCC1=O. The second-order valence-corrected chi connectivity index (χ2v) is 4.96. The maximum absolute atomic E-state index is 11.4. The van der Waals surface area contributed by atoms with Crippen LogP contribution in [0.3, 0.4) is 0 Å². The van der Waals surface area contributed by atoms with Crippen molar-refractivity contribution in [3.8, 4) is 0 Å². The van der Waals surface area contributed by atoms with Gasteiger partial charge in [-0.15, -0.1) is 11.8 Å². The van der Waals surface area contributed by atoms with Crippen LogP contribution in [0.2, 0.25) is 0 Å². The molecule has 6 nitrogen and oxygen atoms in total. The van der Waals surface area contributed by atoms with Crippen LogP contribution >= 0.6 is 11.8 Å². The molecule has 1 heterocycles. The van der Waals surface area contributed by atoms with Crippen molar-refractivity contribution in [3.05, 3.63) is 0 Å². The zero-order valence-corrected chi connectivity index (χ0v) is 9.92. The fourth-order valence-electron chi connectivity index (χ4n) is 1.11. The van der Waals surface area contributed by atoms with Crippen LogP contribution < -0.4 is 5.32 Å². The van der Waals surface area contributed by atoms with Crippen LogP contribution in [0.25, 0.3) is 0 Å². The molecule has 3 N–H and O–H groups in total. The summed E-state index contributed by atoms with van der Waals surface area (Å²) in [7, 11) is 0. The van der Waals surface area contributed by atoms with Crippen LogP contribution in [0, 0.1) is 0 Å². The Morgan fingerprint density at radius 1 is 1.69 bits per heavy atom. The molecule has 0 aliphatic carbocycles. The van der Waals surface area contributed by atoms with Gasteiger partial charge in [0.25, 0.3) is 0 Å². The second-order valence-electron chi connectivity index (χ2n) is 4.00. The Morgan fingerprint density at radius 3 is 2.88 bits per heavy atom. The summed E-state index contributed by atoms with van der Waals surface area (Å²) in [5.74, 6) is 0.572. The van der Waals surface area contributed by atoms with E-state index in [0.29, 0.717) is 11.6 Å². The van der Waals surface area contributed by atoms with Crippen LogP contribution in [0.4, 0.5) is 0 Å². The highest BCUT2D eigenvalue weighted by atomic mass is 32.2. The first-order valence-corrected chi connectivity index (χ1v) is 6.05. The number of aliphatic hydroxyl groups is 2. The number of carbonyl (C=O) groups excluding carboxylic acids is 2. The van der Waals surface area contributed by atoms with Gasteiger partial charge in [-0.1, -0.05) is 0 Å². The summed E-state index contributed by atoms with van der Waals surface area (Å²) in [6.45, 7) is 0.973. The zero-order chi connectivity index (χ0) is 12.2. The molecule has 1 unspecified atom stereocenters. The van der Waals surface area contributed by atoms with Gasteiger partial charge in [-0.25, -0.2) is 0 Å². The zero-order valence-electron chi connectivity index (χ0n) is 9.10. The van der Waals surface area contributed by atoms with Crippen molar-refractivity contribution in [1.82, 2.24) is 10.2 Å². The molecule has 0 aromatic heterocycles. The van der Waals surface area contributed by atoms with E-state index in [9.17, 15) is 14.7 Å². The maximum Gasteiger partial charge on any atom is 0.239 e. The summed E-state index contributed by atoms with van der Waals surface area (Å²) < 4.78 is 0. The summed E-state index contributed by atoms with van der Waals surface area (Å²) in [6.07, 6.45) is 0. The predicted octanol–water partition coefficient (Wildman–Crippen LogP) is -1.62. The number of hydrogen-bond acceptors (Lipinski definition) is 5. The number of amides is 2. The third kappa shape index (κ3) is 3.99. The molecule has 0 saturated carbocycles. The first kappa shape index (κ1) is 13.3. The Morgan fingerprint density at radius 2 is 2.38 bits per heavy atom. The Labute approximate surface area is 98.0 Å². The molecule has 0 bridgehead atoms. The van der Waals surface area contributed by atoms with E-state index in [0.717, 1.165) is 0 Å². The molecular formula is C9H16N2O4S. The van der Waals surface area contributed by atoms with Gasteiger partial charge in [0.15, 0.2) is 0 Å². The molecule has 0 aromatic carbocycles. The summed E-state index contributed by atoms with van der Waals surface area (Å²) in [5, 5.41) is 20.7. The number of carbonyl (C=O) groups is 2. The minimum atomic E-state index is -1.32. The van der Waals surface area contributed by atoms with Gasteiger partial charge in [0.1, 0.15) is 12.1 Å². The van der Waals surface area contributed by atoms with E-state index < -0.39 is 12.2 Å². The molecule has 7 heteroatoms. The molecule has 1 fully saturated rings. The lowest BCUT2D eigenvalue weighted by Gasteiger charge is -2.21. The molecule has 2 amide bonds. The highest BCUT2D eigenvalue weighted by Gasteiger charge is 2.24. The van der Waals surface area contributed by atoms with Gasteiger partial charge in [0.2, 0.25) is 11.8 Å². The fourth-order valence-corrected chi connectivity index (χ4v) is 2.02. The molecule has 1 atom stereocenters. The third-order valence-electron chi connectivity index (χ3n) is 2.17. The van der Waals surface area contributed by atoms with Crippen LogP contribution in [0.15, 0.2) is 0 Å². The lowest BCUT2D eigenvalue weighted by Crippen LogP contribution is -2.46. The number of rotatable bonds is 5. The van der Waals surface area contributed by atoms with E-state index in [-0.39, 0.29) is 24.9 Å².